The highest BCUT2D eigenvalue weighted by molar-refractivity contribution is 5.70. The number of ether oxygens (including phenoxy) is 1. The molecule has 0 saturated heterocycles. The first-order chi connectivity index (χ1) is 8.81. The van der Waals surface area contributed by atoms with Crippen molar-refractivity contribution in [1.29, 1.82) is 0 Å². The SMILES string of the molecule is CCOC(=O)CC(c1ccccc1)n1ccnc1. The third-order valence-electron chi connectivity index (χ3n) is 2.73. The van der Waals surface area contributed by atoms with E-state index in [9.17, 15) is 4.79 Å². The molecule has 2 rings (SSSR count). The van der Waals surface area contributed by atoms with Gasteiger partial charge < -0.3 is 9.30 Å². The molecule has 4 heteroatoms. The van der Waals surface area contributed by atoms with Gasteiger partial charge in [0.15, 0.2) is 0 Å². The number of carbonyl (C=O) groups is 1. The fraction of sp³-hybridized carbons (Fsp3) is 0.286. The Hall–Kier alpha value is -2.10. The van der Waals surface area contributed by atoms with Gasteiger partial charge in [-0.15, -0.1) is 0 Å². The molecule has 0 amide bonds. The zero-order valence-electron chi connectivity index (χ0n) is 10.3. The van der Waals surface area contributed by atoms with Crippen LogP contribution in [0.4, 0.5) is 0 Å². The molecule has 18 heavy (non-hydrogen) atoms. The summed E-state index contributed by atoms with van der Waals surface area (Å²) in [6.45, 7) is 2.22. The van der Waals surface area contributed by atoms with Crippen molar-refractivity contribution in [3.8, 4) is 0 Å². The van der Waals surface area contributed by atoms with Gasteiger partial charge in [0.25, 0.3) is 0 Å². The molecule has 1 unspecified atom stereocenters. The Morgan fingerprint density at radius 2 is 2.17 bits per heavy atom. The number of carbonyl (C=O) groups excluding carboxylic acids is 1. The van der Waals surface area contributed by atoms with Crippen LogP contribution in [0, 0.1) is 0 Å². The van der Waals surface area contributed by atoms with Crippen molar-refractivity contribution in [1.82, 2.24) is 9.55 Å². The Balaban J connectivity index is 2.22. The van der Waals surface area contributed by atoms with E-state index in [1.165, 1.54) is 0 Å². The van der Waals surface area contributed by atoms with Crippen molar-refractivity contribution < 1.29 is 9.53 Å². The molecule has 0 N–H and O–H groups in total. The molecule has 0 aliphatic carbocycles. The van der Waals surface area contributed by atoms with E-state index in [-0.39, 0.29) is 12.0 Å². The van der Waals surface area contributed by atoms with Gasteiger partial charge in [-0.25, -0.2) is 4.98 Å². The van der Waals surface area contributed by atoms with Crippen LogP contribution < -0.4 is 0 Å². The van der Waals surface area contributed by atoms with Crippen molar-refractivity contribution in [3.63, 3.8) is 0 Å². The van der Waals surface area contributed by atoms with E-state index in [1.54, 1.807) is 12.5 Å². The first-order valence-electron chi connectivity index (χ1n) is 5.99. The second-order valence-electron chi connectivity index (χ2n) is 3.95. The van der Waals surface area contributed by atoms with Crippen molar-refractivity contribution in [2.24, 2.45) is 0 Å². The van der Waals surface area contributed by atoms with E-state index in [1.807, 2.05) is 48.0 Å². The van der Waals surface area contributed by atoms with Crippen molar-refractivity contribution >= 4 is 5.97 Å². The molecule has 0 radical (unpaired) electrons. The van der Waals surface area contributed by atoms with Crippen LogP contribution in [-0.4, -0.2) is 22.1 Å². The Morgan fingerprint density at radius 3 is 2.78 bits per heavy atom. The molecule has 1 atom stereocenters. The Bertz CT molecular complexity index is 480. The Labute approximate surface area is 106 Å². The average Bonchev–Trinajstić information content (AvgIpc) is 2.91. The highest BCUT2D eigenvalue weighted by atomic mass is 16.5. The fourth-order valence-electron chi connectivity index (χ4n) is 1.90. The molecular formula is C14H16N2O2. The minimum Gasteiger partial charge on any atom is -0.466 e. The van der Waals surface area contributed by atoms with Crippen molar-refractivity contribution in [2.45, 2.75) is 19.4 Å². The molecule has 1 aromatic heterocycles. The molecule has 0 spiro atoms. The maximum Gasteiger partial charge on any atom is 0.308 e. The number of benzene rings is 1. The summed E-state index contributed by atoms with van der Waals surface area (Å²) in [5.74, 6) is -0.194. The third kappa shape index (κ3) is 2.97. The number of esters is 1. The maximum atomic E-state index is 11.7. The number of hydrogen-bond donors (Lipinski definition) is 0. The highest BCUT2D eigenvalue weighted by Gasteiger charge is 2.17. The zero-order chi connectivity index (χ0) is 12.8. The maximum absolute atomic E-state index is 11.7. The number of nitrogens with zero attached hydrogens (tertiary/aromatic N) is 2. The van der Waals surface area contributed by atoms with Gasteiger partial charge in [-0.3, -0.25) is 4.79 Å². The van der Waals surface area contributed by atoms with Gasteiger partial charge in [0, 0.05) is 12.4 Å². The summed E-state index contributed by atoms with van der Waals surface area (Å²) in [7, 11) is 0. The van der Waals surface area contributed by atoms with Crippen LogP contribution in [0.2, 0.25) is 0 Å². The molecular weight excluding hydrogens is 228 g/mol. The van der Waals surface area contributed by atoms with E-state index in [0.29, 0.717) is 13.0 Å². The highest BCUT2D eigenvalue weighted by Crippen LogP contribution is 2.22. The monoisotopic (exact) mass is 244 g/mol. The van der Waals surface area contributed by atoms with Crippen LogP contribution in [0.5, 0.6) is 0 Å². The summed E-state index contributed by atoms with van der Waals surface area (Å²) in [5, 5.41) is 0. The van der Waals surface area contributed by atoms with Crippen LogP contribution in [0.3, 0.4) is 0 Å². The lowest BCUT2D eigenvalue weighted by molar-refractivity contribution is -0.143. The summed E-state index contributed by atoms with van der Waals surface area (Å²) in [6, 6.07) is 9.83. The van der Waals surface area contributed by atoms with Crippen LogP contribution in [0.1, 0.15) is 24.9 Å². The summed E-state index contributed by atoms with van der Waals surface area (Å²) >= 11 is 0. The Kier molecular flexibility index (Phi) is 4.12. The number of imidazole rings is 1. The van der Waals surface area contributed by atoms with Gasteiger partial charge in [-0.05, 0) is 12.5 Å². The number of hydrogen-bond acceptors (Lipinski definition) is 3. The third-order valence-corrected chi connectivity index (χ3v) is 2.73. The summed E-state index contributed by atoms with van der Waals surface area (Å²) in [6.07, 6.45) is 5.60. The molecule has 4 nitrogen and oxygen atoms in total. The predicted molar refractivity (Wildman–Crippen MR) is 68.1 cm³/mol. The average molecular weight is 244 g/mol. The second-order valence-corrected chi connectivity index (χ2v) is 3.95. The molecule has 1 aromatic carbocycles. The largest absolute Gasteiger partial charge is 0.466 e. The molecule has 0 saturated carbocycles. The van der Waals surface area contributed by atoms with Gasteiger partial charge in [0.1, 0.15) is 0 Å². The standard InChI is InChI=1S/C14H16N2O2/c1-2-18-14(17)10-13(16-9-8-15-11-16)12-6-4-3-5-7-12/h3-9,11,13H,2,10H2,1H3. The van der Waals surface area contributed by atoms with Crippen LogP contribution in [0.15, 0.2) is 49.1 Å². The first-order valence-corrected chi connectivity index (χ1v) is 5.99. The van der Waals surface area contributed by atoms with Crippen LogP contribution in [-0.2, 0) is 9.53 Å². The Morgan fingerprint density at radius 1 is 1.39 bits per heavy atom. The number of rotatable bonds is 5. The molecule has 94 valence electrons. The van der Waals surface area contributed by atoms with Crippen molar-refractivity contribution in [3.05, 3.63) is 54.6 Å². The van der Waals surface area contributed by atoms with Gasteiger partial charge in [-0.1, -0.05) is 30.3 Å². The lowest BCUT2D eigenvalue weighted by Gasteiger charge is -2.18. The predicted octanol–water partition coefficient (Wildman–Crippen LogP) is 2.43. The molecule has 0 aliphatic heterocycles. The van der Waals surface area contributed by atoms with Crippen LogP contribution >= 0.6 is 0 Å². The summed E-state index contributed by atoms with van der Waals surface area (Å²) < 4.78 is 6.94. The smallest absolute Gasteiger partial charge is 0.308 e. The van der Waals surface area contributed by atoms with Crippen molar-refractivity contribution in [2.75, 3.05) is 6.61 Å². The van der Waals surface area contributed by atoms with E-state index < -0.39 is 0 Å². The van der Waals surface area contributed by atoms with Gasteiger partial charge in [0.2, 0.25) is 0 Å². The van der Waals surface area contributed by atoms with Gasteiger partial charge in [0.05, 0.1) is 25.4 Å². The molecule has 1 heterocycles. The van der Waals surface area contributed by atoms with Crippen LogP contribution in [0.25, 0.3) is 0 Å². The van der Waals surface area contributed by atoms with Gasteiger partial charge in [-0.2, -0.15) is 0 Å². The zero-order valence-corrected chi connectivity index (χ0v) is 10.3. The quantitative estimate of drug-likeness (QED) is 0.759. The minimum atomic E-state index is -0.194. The lowest BCUT2D eigenvalue weighted by Crippen LogP contribution is -2.16. The first kappa shape index (κ1) is 12.4. The molecule has 2 aromatic rings. The van der Waals surface area contributed by atoms with E-state index >= 15 is 0 Å². The van der Waals surface area contributed by atoms with E-state index in [0.717, 1.165) is 5.56 Å². The summed E-state index contributed by atoms with van der Waals surface area (Å²) in [4.78, 5) is 15.7. The normalized spacial score (nSPS) is 12.1. The molecule has 0 aliphatic rings. The fourth-order valence-corrected chi connectivity index (χ4v) is 1.90. The minimum absolute atomic E-state index is 0.0623. The van der Waals surface area contributed by atoms with E-state index in [2.05, 4.69) is 4.98 Å². The second kappa shape index (κ2) is 6.00. The van der Waals surface area contributed by atoms with E-state index in [4.69, 9.17) is 4.74 Å². The van der Waals surface area contributed by atoms with Gasteiger partial charge >= 0.3 is 5.97 Å². The topological polar surface area (TPSA) is 44.1 Å². The summed E-state index contributed by atoms with van der Waals surface area (Å²) in [5.41, 5.74) is 1.07. The molecule has 0 bridgehead atoms. The lowest BCUT2D eigenvalue weighted by atomic mass is 10.0. The number of aromatic nitrogens is 2. The molecule has 0 fully saturated rings.